The number of hydrogen-bond donors (Lipinski definition) is 2. The van der Waals surface area contributed by atoms with Gasteiger partial charge in [-0.3, -0.25) is 0 Å². The van der Waals surface area contributed by atoms with Crippen LogP contribution in [-0.4, -0.2) is 17.8 Å². The van der Waals surface area contributed by atoms with Gasteiger partial charge in [0.05, 0.1) is 17.7 Å². The molecule has 0 aliphatic carbocycles. The molecule has 0 amide bonds. The molecule has 0 bridgehead atoms. The van der Waals surface area contributed by atoms with Crippen molar-refractivity contribution in [2.45, 2.75) is 13.0 Å². The van der Waals surface area contributed by atoms with E-state index in [2.05, 4.69) is 27.3 Å². The van der Waals surface area contributed by atoms with E-state index in [1.54, 1.807) is 19.1 Å². The average molecular weight is 255 g/mol. The van der Waals surface area contributed by atoms with Gasteiger partial charge >= 0.3 is 0 Å². The molecule has 14 heavy (non-hydrogen) atoms. The highest BCUT2D eigenvalue weighted by atomic mass is 79.9. The molecule has 74 valence electrons. The van der Waals surface area contributed by atoms with Crippen molar-refractivity contribution in [1.82, 2.24) is 0 Å². The third kappa shape index (κ3) is 3.36. The zero-order valence-corrected chi connectivity index (χ0v) is 9.37. The molecule has 1 unspecified atom stereocenters. The van der Waals surface area contributed by atoms with Crippen LogP contribution in [-0.2, 0) is 0 Å². The molecule has 3 nitrogen and oxygen atoms in total. The van der Waals surface area contributed by atoms with Crippen LogP contribution in [0.15, 0.2) is 22.7 Å². The second-order valence-electron chi connectivity index (χ2n) is 3.07. The van der Waals surface area contributed by atoms with Crippen molar-refractivity contribution in [3.8, 4) is 6.07 Å². The molecule has 0 aliphatic rings. The third-order valence-corrected chi connectivity index (χ3v) is 2.09. The highest BCUT2D eigenvalue weighted by Gasteiger charge is 2.00. The van der Waals surface area contributed by atoms with Gasteiger partial charge in [-0.25, -0.2) is 0 Å². The third-order valence-electron chi connectivity index (χ3n) is 1.63. The van der Waals surface area contributed by atoms with Gasteiger partial charge in [-0.1, -0.05) is 15.9 Å². The van der Waals surface area contributed by atoms with Crippen molar-refractivity contribution in [1.29, 1.82) is 5.26 Å². The van der Waals surface area contributed by atoms with Crippen molar-refractivity contribution in [2.24, 2.45) is 0 Å². The molecule has 0 fully saturated rings. The van der Waals surface area contributed by atoms with E-state index in [1.165, 1.54) is 0 Å². The second-order valence-corrected chi connectivity index (χ2v) is 3.99. The maximum Gasteiger partial charge on any atom is 0.0992 e. The Hall–Kier alpha value is -1.05. The summed E-state index contributed by atoms with van der Waals surface area (Å²) in [4.78, 5) is 0. The van der Waals surface area contributed by atoms with Gasteiger partial charge in [0.2, 0.25) is 0 Å². The second kappa shape index (κ2) is 4.99. The van der Waals surface area contributed by atoms with Crippen LogP contribution < -0.4 is 5.32 Å². The van der Waals surface area contributed by atoms with Crippen LogP contribution in [0, 0.1) is 11.3 Å². The van der Waals surface area contributed by atoms with Crippen LogP contribution in [0.4, 0.5) is 5.69 Å². The lowest BCUT2D eigenvalue weighted by Gasteiger charge is -2.08. The minimum Gasteiger partial charge on any atom is -0.392 e. The van der Waals surface area contributed by atoms with Crippen molar-refractivity contribution in [2.75, 3.05) is 11.9 Å². The van der Waals surface area contributed by atoms with Crippen molar-refractivity contribution in [3.63, 3.8) is 0 Å². The number of nitrogens with one attached hydrogen (secondary N) is 1. The van der Waals surface area contributed by atoms with E-state index in [9.17, 15) is 0 Å². The number of anilines is 1. The number of halogens is 1. The first-order chi connectivity index (χ1) is 6.61. The number of benzene rings is 1. The van der Waals surface area contributed by atoms with Crippen molar-refractivity contribution >= 4 is 21.6 Å². The molecule has 0 aliphatic heterocycles. The fourth-order valence-corrected chi connectivity index (χ4v) is 1.52. The van der Waals surface area contributed by atoms with E-state index in [0.717, 1.165) is 10.2 Å². The number of aliphatic hydroxyl groups excluding tert-OH is 1. The van der Waals surface area contributed by atoms with Gasteiger partial charge in [-0.2, -0.15) is 5.26 Å². The molecule has 4 heteroatoms. The summed E-state index contributed by atoms with van der Waals surface area (Å²) < 4.78 is 0.852. The summed E-state index contributed by atoms with van der Waals surface area (Å²) in [5.74, 6) is 0. The summed E-state index contributed by atoms with van der Waals surface area (Å²) in [6.45, 7) is 2.18. The van der Waals surface area contributed by atoms with E-state index in [-0.39, 0.29) is 0 Å². The van der Waals surface area contributed by atoms with Gasteiger partial charge in [0.15, 0.2) is 0 Å². The minimum atomic E-state index is -0.403. The van der Waals surface area contributed by atoms with Crippen LogP contribution in [0.25, 0.3) is 0 Å². The molecule has 0 heterocycles. The maximum atomic E-state index is 9.07. The first kappa shape index (κ1) is 11.0. The van der Waals surface area contributed by atoms with Crippen LogP contribution in [0.1, 0.15) is 12.5 Å². The number of rotatable bonds is 3. The Bertz CT molecular complexity index is 358. The molecule has 1 aromatic rings. The smallest absolute Gasteiger partial charge is 0.0992 e. The summed E-state index contributed by atoms with van der Waals surface area (Å²) in [7, 11) is 0. The summed E-state index contributed by atoms with van der Waals surface area (Å²) in [6, 6.07) is 7.41. The zero-order chi connectivity index (χ0) is 10.6. The Morgan fingerprint density at radius 2 is 2.29 bits per heavy atom. The Morgan fingerprint density at radius 3 is 2.86 bits per heavy atom. The van der Waals surface area contributed by atoms with E-state index in [4.69, 9.17) is 10.4 Å². The zero-order valence-electron chi connectivity index (χ0n) is 7.79. The van der Waals surface area contributed by atoms with Crippen LogP contribution in [0.5, 0.6) is 0 Å². The van der Waals surface area contributed by atoms with E-state index < -0.39 is 6.10 Å². The first-order valence-corrected chi connectivity index (χ1v) is 5.03. The fraction of sp³-hybridized carbons (Fsp3) is 0.300. The molecule has 0 spiro atoms. The summed E-state index contributed by atoms with van der Waals surface area (Å²) in [5.41, 5.74) is 1.42. The molecular weight excluding hydrogens is 244 g/mol. The van der Waals surface area contributed by atoms with Crippen LogP contribution in [0.3, 0.4) is 0 Å². The first-order valence-electron chi connectivity index (χ1n) is 4.24. The lowest BCUT2D eigenvalue weighted by Crippen LogP contribution is -2.15. The molecule has 1 rings (SSSR count). The van der Waals surface area contributed by atoms with Crippen molar-refractivity contribution in [3.05, 3.63) is 28.2 Å². The van der Waals surface area contributed by atoms with E-state index >= 15 is 0 Å². The normalized spacial score (nSPS) is 11.9. The van der Waals surface area contributed by atoms with Gasteiger partial charge in [0, 0.05) is 16.7 Å². The minimum absolute atomic E-state index is 0.403. The number of nitrogens with zero attached hydrogens (tertiary/aromatic N) is 1. The molecule has 1 atom stereocenters. The Morgan fingerprint density at radius 1 is 1.57 bits per heavy atom. The lowest BCUT2D eigenvalue weighted by molar-refractivity contribution is 0.208. The van der Waals surface area contributed by atoms with Gasteiger partial charge in [-0.05, 0) is 25.1 Å². The lowest BCUT2D eigenvalue weighted by atomic mass is 10.2. The van der Waals surface area contributed by atoms with Gasteiger partial charge in [-0.15, -0.1) is 0 Å². The molecular formula is C10H11BrN2O. The molecule has 0 aromatic heterocycles. The topological polar surface area (TPSA) is 56.0 Å². The SMILES string of the molecule is CC(O)CNc1cc(Br)cc(C#N)c1. The summed E-state index contributed by atoms with van der Waals surface area (Å²) >= 11 is 3.31. The predicted octanol–water partition coefficient (Wildman–Crippen LogP) is 2.11. The highest BCUT2D eigenvalue weighted by Crippen LogP contribution is 2.18. The van der Waals surface area contributed by atoms with E-state index in [0.29, 0.717) is 12.1 Å². The average Bonchev–Trinajstić information content (AvgIpc) is 2.14. The molecule has 2 N–H and O–H groups in total. The van der Waals surface area contributed by atoms with Crippen LogP contribution >= 0.6 is 15.9 Å². The number of nitriles is 1. The Balaban J connectivity index is 2.78. The Labute approximate surface area is 91.5 Å². The van der Waals surface area contributed by atoms with Gasteiger partial charge < -0.3 is 10.4 Å². The van der Waals surface area contributed by atoms with E-state index in [1.807, 2.05) is 6.07 Å². The van der Waals surface area contributed by atoms with Crippen LogP contribution in [0.2, 0.25) is 0 Å². The fourth-order valence-electron chi connectivity index (χ4n) is 1.02. The Kier molecular flexibility index (Phi) is 3.93. The number of hydrogen-bond acceptors (Lipinski definition) is 3. The van der Waals surface area contributed by atoms with Crippen molar-refractivity contribution < 1.29 is 5.11 Å². The number of aliphatic hydroxyl groups is 1. The molecule has 0 radical (unpaired) electrons. The standard InChI is InChI=1S/C10H11BrN2O/c1-7(14)6-13-10-3-8(5-12)2-9(11)4-10/h2-4,7,13-14H,6H2,1H3. The highest BCUT2D eigenvalue weighted by molar-refractivity contribution is 9.10. The van der Waals surface area contributed by atoms with Gasteiger partial charge in [0.1, 0.15) is 0 Å². The van der Waals surface area contributed by atoms with Gasteiger partial charge in [0.25, 0.3) is 0 Å². The molecule has 1 aromatic carbocycles. The largest absolute Gasteiger partial charge is 0.392 e. The molecule has 0 saturated carbocycles. The predicted molar refractivity (Wildman–Crippen MR) is 59.0 cm³/mol. The summed E-state index contributed by atoms with van der Waals surface area (Å²) in [6.07, 6.45) is -0.403. The quantitative estimate of drug-likeness (QED) is 0.869. The monoisotopic (exact) mass is 254 g/mol. The summed E-state index contributed by atoms with van der Waals surface area (Å²) in [5, 5.41) is 20.8. The maximum absolute atomic E-state index is 9.07. The molecule has 0 saturated heterocycles.